The number of carboxylic acids is 2. The van der Waals surface area contributed by atoms with E-state index in [-0.39, 0.29) is 61.4 Å². The second-order valence-corrected chi connectivity index (χ2v) is 22.1. The molecule has 0 saturated heterocycles. The Labute approximate surface area is 406 Å². The zero-order chi connectivity index (χ0) is 49.9. The number of Topliss-reactive ketones (excluding diaryl/α,β-unsaturated/α-hetero) is 1. The summed E-state index contributed by atoms with van der Waals surface area (Å²) in [5, 5.41) is 44.8. The van der Waals surface area contributed by atoms with Gasteiger partial charge in [-0.05, 0) is 88.6 Å². The van der Waals surface area contributed by atoms with Gasteiger partial charge in [0.1, 0.15) is 40.1 Å². The molecule has 14 heteroatoms. The van der Waals surface area contributed by atoms with Crippen molar-refractivity contribution in [2.45, 2.75) is 57.5 Å². The second-order valence-electron chi connectivity index (χ2n) is 18.4. The highest BCUT2D eigenvalue weighted by Gasteiger charge is 2.27. The van der Waals surface area contributed by atoms with E-state index in [0.29, 0.717) is 84.5 Å². The van der Waals surface area contributed by atoms with E-state index in [9.17, 15) is 44.4 Å². The monoisotopic (exact) mass is 965 g/mol. The zero-order valence-electron chi connectivity index (χ0n) is 38.9. The van der Waals surface area contributed by atoms with Gasteiger partial charge in [-0.3, -0.25) is 14.4 Å². The van der Waals surface area contributed by atoms with Crippen LogP contribution in [0.1, 0.15) is 89.3 Å². The van der Waals surface area contributed by atoms with Crippen molar-refractivity contribution in [3.8, 4) is 45.4 Å². The van der Waals surface area contributed by atoms with Gasteiger partial charge in [0, 0.05) is 84.8 Å². The smallest absolute Gasteiger partial charge is 0.336 e. The Kier molecular flexibility index (Phi) is 14.5. The molecule has 5 aromatic carbocycles. The van der Waals surface area contributed by atoms with E-state index in [1.54, 1.807) is 66.0 Å². The van der Waals surface area contributed by atoms with Crippen molar-refractivity contribution in [3.63, 3.8) is 0 Å². The molecule has 5 aromatic rings. The molecule has 12 nitrogen and oxygen atoms in total. The van der Waals surface area contributed by atoms with Crippen LogP contribution in [0.2, 0.25) is 0 Å². The van der Waals surface area contributed by atoms with Gasteiger partial charge in [0.2, 0.25) is 0 Å². The maximum Gasteiger partial charge on any atom is 0.336 e. The first-order valence-electron chi connectivity index (χ1n) is 21.9. The first-order chi connectivity index (χ1) is 32.5. The van der Waals surface area contributed by atoms with Crippen molar-refractivity contribution in [2.75, 3.05) is 18.1 Å². The number of aromatic hydroxyl groups is 2. The number of carbonyl (C=O) groups excluding carboxylic acids is 2. The number of fused-ring (bicyclic) bond motifs is 4. The molecule has 1 amide bonds. The van der Waals surface area contributed by atoms with Crippen molar-refractivity contribution >= 4 is 70.3 Å². The number of ketones is 1. The van der Waals surface area contributed by atoms with Gasteiger partial charge in [-0.1, -0.05) is 72.4 Å². The van der Waals surface area contributed by atoms with E-state index in [0.717, 1.165) is 11.0 Å². The van der Waals surface area contributed by atoms with Gasteiger partial charge in [-0.15, -0.1) is 11.8 Å². The predicted octanol–water partition coefficient (Wildman–Crippen LogP) is 9.73. The van der Waals surface area contributed by atoms with Crippen LogP contribution in [-0.4, -0.2) is 71.6 Å². The Morgan fingerprint density at radius 1 is 0.667 bits per heavy atom. The normalized spacial score (nSPS) is 12.1. The van der Waals surface area contributed by atoms with Crippen LogP contribution in [0.5, 0.6) is 23.0 Å². The molecule has 69 heavy (non-hydrogen) atoms. The quantitative estimate of drug-likeness (QED) is 0.0573. The van der Waals surface area contributed by atoms with E-state index in [1.165, 1.54) is 54.6 Å². The van der Waals surface area contributed by atoms with Crippen molar-refractivity contribution in [1.29, 1.82) is 0 Å². The van der Waals surface area contributed by atoms with Gasteiger partial charge < -0.3 is 34.9 Å². The number of hydrogen-bond acceptors (Lipinski definition) is 11. The van der Waals surface area contributed by atoms with E-state index in [1.807, 2.05) is 32.9 Å². The SMILES string of the molecule is C=c1ccc2c(c1)Oc1cc(O)ccc1C=2c1cc(C(=O)NCCSC(C)(C)C)ccc1C(=O)O.CC(C)(C)SCC(=O)Cc1ccc(-c2c3ccc(=O)cc-3oc3cc(O)ccc23)c(C(=O)O)c1. The number of amides is 1. The second kappa shape index (κ2) is 20.1. The predicted molar refractivity (Wildman–Crippen MR) is 273 cm³/mol. The molecule has 0 saturated carbocycles. The van der Waals surface area contributed by atoms with Crippen LogP contribution in [0.3, 0.4) is 0 Å². The summed E-state index contributed by atoms with van der Waals surface area (Å²) in [6, 6.07) is 28.6. The minimum Gasteiger partial charge on any atom is -0.508 e. The molecule has 0 spiro atoms. The van der Waals surface area contributed by atoms with Crippen LogP contribution in [0.4, 0.5) is 0 Å². The molecule has 8 rings (SSSR count). The first kappa shape index (κ1) is 49.6. The molecule has 0 fully saturated rings. The Balaban J connectivity index is 0.000000204. The molecule has 0 aromatic heterocycles. The summed E-state index contributed by atoms with van der Waals surface area (Å²) in [5.74, 6) is -0.183. The molecule has 3 aliphatic rings. The van der Waals surface area contributed by atoms with Gasteiger partial charge in [-0.2, -0.15) is 11.8 Å². The number of carboxylic acid groups (broad SMARTS) is 2. The minimum atomic E-state index is -1.13. The number of thioether (sulfide) groups is 2. The van der Waals surface area contributed by atoms with Crippen molar-refractivity contribution in [2.24, 2.45) is 0 Å². The molecule has 2 heterocycles. The number of benzene rings is 6. The fraction of sp³-hybridized carbons (Fsp3) is 0.218. The summed E-state index contributed by atoms with van der Waals surface area (Å²) in [6.07, 6.45) is 0.142. The van der Waals surface area contributed by atoms with Crippen LogP contribution in [-0.2, 0) is 11.2 Å². The molecule has 354 valence electrons. The Hall–Kier alpha value is -7.29. The van der Waals surface area contributed by atoms with Crippen LogP contribution >= 0.6 is 23.5 Å². The Bertz CT molecular complexity index is 3330. The van der Waals surface area contributed by atoms with Gasteiger partial charge in [0.05, 0.1) is 16.9 Å². The summed E-state index contributed by atoms with van der Waals surface area (Å²) in [4.78, 5) is 61.8. The Morgan fingerprint density at radius 2 is 1.35 bits per heavy atom. The number of hydrogen-bond donors (Lipinski definition) is 5. The maximum absolute atomic E-state index is 12.9. The summed E-state index contributed by atoms with van der Waals surface area (Å²) < 4.78 is 11.9. The van der Waals surface area contributed by atoms with Crippen LogP contribution in [0.25, 0.3) is 45.6 Å². The van der Waals surface area contributed by atoms with Gasteiger partial charge in [-0.25, -0.2) is 9.59 Å². The third-order valence-corrected chi connectivity index (χ3v) is 13.4. The molecule has 5 N–H and O–H groups in total. The van der Waals surface area contributed by atoms with E-state index < -0.39 is 11.9 Å². The van der Waals surface area contributed by atoms with E-state index in [2.05, 4.69) is 32.7 Å². The van der Waals surface area contributed by atoms with Crippen molar-refractivity contribution in [1.82, 2.24) is 5.32 Å². The fourth-order valence-electron chi connectivity index (χ4n) is 7.74. The highest BCUT2D eigenvalue weighted by atomic mass is 32.2. The largest absolute Gasteiger partial charge is 0.508 e. The summed E-state index contributed by atoms with van der Waals surface area (Å²) in [6.45, 7) is 16.9. The molecule has 0 atom stereocenters. The zero-order valence-corrected chi connectivity index (χ0v) is 40.5. The number of rotatable bonds is 12. The molecular formula is C55H51NO11S2. The molecule has 0 unspecified atom stereocenters. The van der Waals surface area contributed by atoms with Crippen LogP contribution < -0.4 is 25.9 Å². The number of aromatic carboxylic acids is 2. The average Bonchev–Trinajstić information content (AvgIpc) is 3.27. The summed E-state index contributed by atoms with van der Waals surface area (Å²) in [7, 11) is 0. The van der Waals surface area contributed by atoms with E-state index in [4.69, 9.17) is 9.15 Å². The lowest BCUT2D eigenvalue weighted by Crippen LogP contribution is -2.27. The number of carbonyl (C=O) groups is 4. The minimum absolute atomic E-state index is 0.0136. The molecule has 0 bridgehead atoms. The third-order valence-electron chi connectivity index (χ3n) is 10.8. The molecule has 0 radical (unpaired) electrons. The van der Waals surface area contributed by atoms with Gasteiger partial charge in [0.25, 0.3) is 5.91 Å². The van der Waals surface area contributed by atoms with Crippen LogP contribution in [0, 0.1) is 0 Å². The molecule has 2 aliphatic heterocycles. The lowest BCUT2D eigenvalue weighted by Gasteiger charge is -2.22. The van der Waals surface area contributed by atoms with Gasteiger partial charge >= 0.3 is 11.9 Å². The average molecular weight is 966 g/mol. The lowest BCUT2D eigenvalue weighted by atomic mass is 9.88. The van der Waals surface area contributed by atoms with Crippen molar-refractivity contribution in [3.05, 3.63) is 163 Å². The fourth-order valence-corrected chi connectivity index (χ4v) is 9.25. The van der Waals surface area contributed by atoms with Gasteiger partial charge in [0.15, 0.2) is 5.43 Å². The van der Waals surface area contributed by atoms with Crippen LogP contribution in [0.15, 0.2) is 118 Å². The number of phenols is 2. The summed E-state index contributed by atoms with van der Waals surface area (Å²) >= 11 is 3.31. The number of nitrogens with one attached hydrogen (secondary N) is 1. The highest BCUT2D eigenvalue weighted by Crippen LogP contribution is 2.43. The Morgan fingerprint density at radius 3 is 2.06 bits per heavy atom. The molecule has 1 aliphatic carbocycles. The number of phenolic OH excluding ortho intramolecular Hbond substituents is 2. The molecular weight excluding hydrogens is 915 g/mol. The highest BCUT2D eigenvalue weighted by molar-refractivity contribution is 8.01. The first-order valence-corrected chi connectivity index (χ1v) is 23.9. The summed E-state index contributed by atoms with van der Waals surface area (Å²) in [5.41, 5.74) is 4.36. The number of ether oxygens (including phenoxy) is 1. The topological polar surface area (TPSA) is 201 Å². The third kappa shape index (κ3) is 11.9. The van der Waals surface area contributed by atoms with Crippen molar-refractivity contribution < 1.29 is 48.8 Å². The standard InChI is InChI=1S/C28H27NO5S.C27H24O6S/c1-16-5-8-20-23(13-16)34-24-15-18(30)7-10-21(24)25(20)22-14-17(6-9-19(22)27(32)33)26(31)29-11-12-35-28(2,3)4;1-27(2,3)34-14-18(30)10-15-4-7-19(22(11-15)26(31)32)25-20-8-5-16(28)12-23(20)33-24-13-17(29)6-9-21(24)25/h5-10,13-15,30H,1,11-12H2,2-4H3,(H,29,31)(H,32,33);4-9,11-13,28H,10,14H2,1-3H3,(H,31,32). The lowest BCUT2D eigenvalue weighted by molar-refractivity contribution is -0.116. The maximum atomic E-state index is 12.9. The van der Waals surface area contributed by atoms with E-state index >= 15 is 0 Å².